The van der Waals surface area contributed by atoms with E-state index in [0.29, 0.717) is 12.5 Å². The minimum atomic E-state index is -0.272. The number of rotatable bonds is 4. The first-order valence-electron chi connectivity index (χ1n) is 7.14. The van der Waals surface area contributed by atoms with Crippen molar-refractivity contribution < 1.29 is 0 Å². The normalized spacial score (nSPS) is 20.2. The Morgan fingerprint density at radius 3 is 2.70 bits per heavy atom. The molecule has 0 saturated carbocycles. The molecule has 1 aliphatic heterocycles. The first-order valence-corrected chi connectivity index (χ1v) is 7.14. The van der Waals surface area contributed by atoms with Crippen LogP contribution >= 0.6 is 0 Å². The average molecular weight is 280 g/mol. The fourth-order valence-corrected chi connectivity index (χ4v) is 2.79. The SMILES string of the molecule is CN1CCCC(CNCc2cc(=O)n(C)c(=O)n2C)C1. The van der Waals surface area contributed by atoms with Crippen LogP contribution in [-0.2, 0) is 20.6 Å². The Morgan fingerprint density at radius 1 is 1.25 bits per heavy atom. The minimum Gasteiger partial charge on any atom is -0.311 e. The molecule has 0 aliphatic carbocycles. The van der Waals surface area contributed by atoms with E-state index in [4.69, 9.17) is 0 Å². The van der Waals surface area contributed by atoms with Crippen LogP contribution in [0.15, 0.2) is 15.7 Å². The standard InChI is InChI=1S/C14H24N4O2/c1-16-6-4-5-11(10-16)8-15-9-12-7-13(19)18(3)14(20)17(12)2/h7,11,15H,4-6,8-10H2,1-3H3. The predicted molar refractivity (Wildman–Crippen MR) is 78.9 cm³/mol. The van der Waals surface area contributed by atoms with E-state index in [-0.39, 0.29) is 11.2 Å². The van der Waals surface area contributed by atoms with Crippen molar-refractivity contribution in [1.29, 1.82) is 0 Å². The molecule has 6 heteroatoms. The lowest BCUT2D eigenvalue weighted by Crippen LogP contribution is -2.40. The molecule has 0 spiro atoms. The van der Waals surface area contributed by atoms with Gasteiger partial charge in [0.25, 0.3) is 5.56 Å². The van der Waals surface area contributed by atoms with Gasteiger partial charge in [0.2, 0.25) is 0 Å². The van der Waals surface area contributed by atoms with Crippen LogP contribution in [0, 0.1) is 5.92 Å². The zero-order valence-electron chi connectivity index (χ0n) is 12.6. The third-order valence-electron chi connectivity index (χ3n) is 4.09. The van der Waals surface area contributed by atoms with Gasteiger partial charge in [0.05, 0.1) is 0 Å². The van der Waals surface area contributed by atoms with Crippen LogP contribution in [0.2, 0.25) is 0 Å². The minimum absolute atomic E-state index is 0.248. The summed E-state index contributed by atoms with van der Waals surface area (Å²) in [7, 11) is 5.35. The van der Waals surface area contributed by atoms with Crippen molar-refractivity contribution in [3.63, 3.8) is 0 Å². The summed E-state index contributed by atoms with van der Waals surface area (Å²) < 4.78 is 2.65. The maximum atomic E-state index is 11.8. The summed E-state index contributed by atoms with van der Waals surface area (Å²) in [5.74, 6) is 0.650. The smallest absolute Gasteiger partial charge is 0.311 e. The largest absolute Gasteiger partial charge is 0.330 e. The van der Waals surface area contributed by atoms with E-state index < -0.39 is 0 Å². The Labute approximate surface area is 119 Å². The second-order valence-corrected chi connectivity index (χ2v) is 5.78. The Balaban J connectivity index is 1.95. The number of nitrogens with one attached hydrogen (secondary N) is 1. The van der Waals surface area contributed by atoms with Crippen LogP contribution in [-0.4, -0.2) is 40.7 Å². The van der Waals surface area contributed by atoms with Gasteiger partial charge in [-0.1, -0.05) is 0 Å². The Kier molecular flexibility index (Phi) is 4.77. The fourth-order valence-electron chi connectivity index (χ4n) is 2.79. The number of aromatic nitrogens is 2. The van der Waals surface area contributed by atoms with E-state index in [2.05, 4.69) is 17.3 Å². The van der Waals surface area contributed by atoms with Crippen molar-refractivity contribution in [3.05, 3.63) is 32.6 Å². The molecule has 1 aliphatic rings. The zero-order valence-corrected chi connectivity index (χ0v) is 12.6. The number of piperidine rings is 1. The molecular weight excluding hydrogens is 256 g/mol. The maximum Gasteiger partial charge on any atom is 0.330 e. The summed E-state index contributed by atoms with van der Waals surface area (Å²) in [6.07, 6.45) is 2.49. The summed E-state index contributed by atoms with van der Waals surface area (Å²) in [4.78, 5) is 25.8. The summed E-state index contributed by atoms with van der Waals surface area (Å²) in [5, 5.41) is 3.37. The monoisotopic (exact) mass is 280 g/mol. The van der Waals surface area contributed by atoms with Crippen molar-refractivity contribution in [1.82, 2.24) is 19.4 Å². The second-order valence-electron chi connectivity index (χ2n) is 5.78. The van der Waals surface area contributed by atoms with E-state index in [1.54, 1.807) is 7.05 Å². The molecule has 0 aromatic carbocycles. The number of hydrogen-bond acceptors (Lipinski definition) is 4. The number of hydrogen-bond donors (Lipinski definition) is 1. The fraction of sp³-hybridized carbons (Fsp3) is 0.714. The topological polar surface area (TPSA) is 59.3 Å². The van der Waals surface area contributed by atoms with Crippen molar-refractivity contribution >= 4 is 0 Å². The molecule has 1 aromatic rings. The molecule has 6 nitrogen and oxygen atoms in total. The van der Waals surface area contributed by atoms with Gasteiger partial charge in [-0.15, -0.1) is 0 Å². The third kappa shape index (κ3) is 3.37. The van der Waals surface area contributed by atoms with Gasteiger partial charge in [0, 0.05) is 38.9 Å². The van der Waals surface area contributed by atoms with Gasteiger partial charge in [-0.2, -0.15) is 0 Å². The van der Waals surface area contributed by atoms with E-state index in [9.17, 15) is 9.59 Å². The van der Waals surface area contributed by atoms with Gasteiger partial charge >= 0.3 is 5.69 Å². The summed E-state index contributed by atoms with van der Waals surface area (Å²) >= 11 is 0. The predicted octanol–water partition coefficient (Wildman–Crippen LogP) is -0.485. The van der Waals surface area contributed by atoms with Crippen molar-refractivity contribution in [2.45, 2.75) is 19.4 Å². The first-order chi connectivity index (χ1) is 9.49. The van der Waals surface area contributed by atoms with Gasteiger partial charge in [-0.05, 0) is 38.9 Å². The van der Waals surface area contributed by atoms with Gasteiger partial charge in [0.15, 0.2) is 0 Å². The van der Waals surface area contributed by atoms with E-state index in [1.807, 2.05) is 0 Å². The first kappa shape index (κ1) is 15.0. The van der Waals surface area contributed by atoms with Crippen LogP contribution in [0.1, 0.15) is 18.5 Å². The van der Waals surface area contributed by atoms with Crippen molar-refractivity contribution in [3.8, 4) is 0 Å². The maximum absolute atomic E-state index is 11.8. The van der Waals surface area contributed by atoms with Crippen LogP contribution in [0.5, 0.6) is 0 Å². The quantitative estimate of drug-likeness (QED) is 0.809. The summed E-state index contributed by atoms with van der Waals surface area (Å²) in [5.41, 5.74) is 0.219. The van der Waals surface area contributed by atoms with Crippen LogP contribution < -0.4 is 16.6 Å². The Morgan fingerprint density at radius 2 is 2.00 bits per heavy atom. The molecule has 20 heavy (non-hydrogen) atoms. The molecular formula is C14H24N4O2. The molecule has 0 amide bonds. The lowest BCUT2D eigenvalue weighted by atomic mass is 9.98. The van der Waals surface area contributed by atoms with E-state index in [1.165, 1.54) is 37.1 Å². The average Bonchev–Trinajstić information content (AvgIpc) is 2.42. The van der Waals surface area contributed by atoms with Crippen molar-refractivity contribution in [2.24, 2.45) is 20.0 Å². The molecule has 0 radical (unpaired) electrons. The summed E-state index contributed by atoms with van der Waals surface area (Å²) in [6, 6.07) is 1.53. The van der Waals surface area contributed by atoms with Crippen LogP contribution in [0.3, 0.4) is 0 Å². The zero-order chi connectivity index (χ0) is 14.7. The molecule has 1 saturated heterocycles. The lowest BCUT2D eigenvalue weighted by Gasteiger charge is -2.29. The van der Waals surface area contributed by atoms with Gasteiger partial charge in [-0.25, -0.2) is 4.79 Å². The van der Waals surface area contributed by atoms with Gasteiger partial charge in [0.1, 0.15) is 0 Å². The van der Waals surface area contributed by atoms with E-state index >= 15 is 0 Å². The molecule has 1 N–H and O–H groups in total. The molecule has 1 unspecified atom stereocenters. The molecule has 0 bridgehead atoms. The molecule has 2 heterocycles. The highest BCUT2D eigenvalue weighted by molar-refractivity contribution is 5.01. The Hall–Kier alpha value is -1.40. The number of nitrogens with zero attached hydrogens (tertiary/aromatic N) is 3. The van der Waals surface area contributed by atoms with Gasteiger partial charge < -0.3 is 10.2 Å². The molecule has 112 valence electrons. The van der Waals surface area contributed by atoms with Gasteiger partial charge in [-0.3, -0.25) is 13.9 Å². The molecule has 1 fully saturated rings. The van der Waals surface area contributed by atoms with E-state index in [0.717, 1.165) is 23.4 Å². The molecule has 1 atom stereocenters. The lowest BCUT2D eigenvalue weighted by molar-refractivity contribution is 0.206. The second kappa shape index (κ2) is 6.37. The third-order valence-corrected chi connectivity index (χ3v) is 4.09. The van der Waals surface area contributed by atoms with Crippen LogP contribution in [0.4, 0.5) is 0 Å². The Bertz CT molecular complexity index is 576. The molecule has 2 rings (SSSR count). The molecule has 1 aromatic heterocycles. The van der Waals surface area contributed by atoms with Crippen LogP contribution in [0.25, 0.3) is 0 Å². The highest BCUT2D eigenvalue weighted by Crippen LogP contribution is 2.13. The number of likely N-dealkylation sites (tertiary alicyclic amines) is 1. The van der Waals surface area contributed by atoms with Crippen molar-refractivity contribution in [2.75, 3.05) is 26.7 Å². The summed E-state index contributed by atoms with van der Waals surface area (Å²) in [6.45, 7) is 3.78. The highest BCUT2D eigenvalue weighted by atomic mass is 16.2. The highest BCUT2D eigenvalue weighted by Gasteiger charge is 2.16.